The van der Waals surface area contributed by atoms with Gasteiger partial charge in [-0.1, -0.05) is 0 Å². The van der Waals surface area contributed by atoms with Crippen molar-refractivity contribution in [1.82, 2.24) is 10.6 Å². The van der Waals surface area contributed by atoms with Gasteiger partial charge in [0.15, 0.2) is 11.5 Å². The highest BCUT2D eigenvalue weighted by Crippen LogP contribution is 2.27. The van der Waals surface area contributed by atoms with Crippen LogP contribution in [0.25, 0.3) is 0 Å². The molecule has 0 spiro atoms. The Balaban J connectivity index is 2.47. The van der Waals surface area contributed by atoms with Gasteiger partial charge < -0.3 is 25.2 Å². The molecule has 0 aliphatic rings. The molecule has 0 saturated heterocycles. The maximum absolute atomic E-state index is 11.9. The fraction of sp³-hybridized carbons (Fsp3) is 0.500. The second-order valence-corrected chi connectivity index (χ2v) is 4.38. The van der Waals surface area contributed by atoms with Gasteiger partial charge in [0.05, 0.1) is 20.3 Å². The van der Waals surface area contributed by atoms with Gasteiger partial charge in [-0.25, -0.2) is 0 Å². The van der Waals surface area contributed by atoms with Crippen LogP contribution in [0.3, 0.4) is 0 Å². The molecule has 1 unspecified atom stereocenters. The van der Waals surface area contributed by atoms with Crippen LogP contribution < -0.4 is 20.1 Å². The van der Waals surface area contributed by atoms with E-state index in [4.69, 9.17) is 14.6 Å². The molecule has 3 N–H and O–H groups in total. The zero-order chi connectivity index (χ0) is 15.0. The molecule has 0 bridgehead atoms. The third kappa shape index (κ3) is 5.07. The van der Waals surface area contributed by atoms with E-state index in [9.17, 15) is 4.79 Å². The highest BCUT2D eigenvalue weighted by Gasteiger charge is 2.10. The van der Waals surface area contributed by atoms with E-state index in [1.165, 1.54) is 7.11 Å². The standard InChI is InChI=1S/C14H22N2O4/c1-10(17)9-15-6-7-16-14(18)11-4-5-12(19-2)13(8-11)20-3/h4-5,8,10,15,17H,6-7,9H2,1-3H3,(H,16,18). The molecule has 20 heavy (non-hydrogen) atoms. The number of carbonyl (C=O) groups is 1. The van der Waals surface area contributed by atoms with Gasteiger partial charge in [-0.05, 0) is 25.1 Å². The van der Waals surface area contributed by atoms with Crippen molar-refractivity contribution in [2.45, 2.75) is 13.0 Å². The van der Waals surface area contributed by atoms with Crippen molar-refractivity contribution in [2.24, 2.45) is 0 Å². The van der Waals surface area contributed by atoms with Gasteiger partial charge in [-0.3, -0.25) is 4.79 Å². The minimum Gasteiger partial charge on any atom is -0.493 e. The first-order valence-corrected chi connectivity index (χ1v) is 6.47. The number of benzene rings is 1. The Hall–Kier alpha value is -1.79. The Morgan fingerprint density at radius 2 is 1.95 bits per heavy atom. The molecule has 0 aliphatic carbocycles. The van der Waals surface area contributed by atoms with Crippen LogP contribution in [0, 0.1) is 0 Å². The SMILES string of the molecule is COc1ccc(C(=O)NCCNCC(C)O)cc1OC. The van der Waals surface area contributed by atoms with Crippen molar-refractivity contribution in [1.29, 1.82) is 0 Å². The quantitative estimate of drug-likeness (QED) is 0.602. The van der Waals surface area contributed by atoms with E-state index in [1.807, 2.05) is 0 Å². The summed E-state index contributed by atoms with van der Waals surface area (Å²) in [5.41, 5.74) is 0.512. The summed E-state index contributed by atoms with van der Waals surface area (Å²) in [7, 11) is 3.07. The van der Waals surface area contributed by atoms with E-state index >= 15 is 0 Å². The lowest BCUT2D eigenvalue weighted by molar-refractivity contribution is 0.0953. The fourth-order valence-corrected chi connectivity index (χ4v) is 1.65. The highest BCUT2D eigenvalue weighted by atomic mass is 16.5. The lowest BCUT2D eigenvalue weighted by Gasteiger charge is -2.10. The normalized spacial score (nSPS) is 11.8. The molecule has 0 radical (unpaired) electrons. The van der Waals surface area contributed by atoms with E-state index in [0.717, 1.165) is 0 Å². The molecule has 112 valence electrons. The molecule has 1 aromatic rings. The summed E-state index contributed by atoms with van der Waals surface area (Å²) < 4.78 is 10.3. The monoisotopic (exact) mass is 282 g/mol. The van der Waals surface area contributed by atoms with E-state index in [1.54, 1.807) is 32.2 Å². The van der Waals surface area contributed by atoms with Gasteiger partial charge in [0.1, 0.15) is 0 Å². The van der Waals surface area contributed by atoms with Crippen molar-refractivity contribution in [3.8, 4) is 11.5 Å². The van der Waals surface area contributed by atoms with Gasteiger partial charge in [-0.15, -0.1) is 0 Å². The predicted octanol–water partition coefficient (Wildman–Crippen LogP) is 0.404. The van der Waals surface area contributed by atoms with Crippen LogP contribution >= 0.6 is 0 Å². The lowest BCUT2D eigenvalue weighted by Crippen LogP contribution is -2.34. The first-order chi connectivity index (χ1) is 9.58. The minimum atomic E-state index is -0.392. The molecular weight excluding hydrogens is 260 g/mol. The Morgan fingerprint density at radius 3 is 2.55 bits per heavy atom. The number of aliphatic hydroxyl groups is 1. The zero-order valence-corrected chi connectivity index (χ0v) is 12.1. The molecule has 6 heteroatoms. The van der Waals surface area contributed by atoms with Crippen LogP contribution in [-0.4, -0.2) is 51.0 Å². The minimum absolute atomic E-state index is 0.176. The van der Waals surface area contributed by atoms with E-state index < -0.39 is 6.10 Å². The molecule has 1 atom stereocenters. The van der Waals surface area contributed by atoms with Crippen LogP contribution in [0.1, 0.15) is 17.3 Å². The van der Waals surface area contributed by atoms with Crippen LogP contribution in [0.5, 0.6) is 11.5 Å². The van der Waals surface area contributed by atoms with Crippen molar-refractivity contribution < 1.29 is 19.4 Å². The number of nitrogens with one attached hydrogen (secondary N) is 2. The number of rotatable bonds is 8. The number of aliphatic hydroxyl groups excluding tert-OH is 1. The van der Waals surface area contributed by atoms with Gasteiger partial charge in [0.25, 0.3) is 5.91 Å². The first-order valence-electron chi connectivity index (χ1n) is 6.47. The van der Waals surface area contributed by atoms with Crippen molar-refractivity contribution >= 4 is 5.91 Å². The van der Waals surface area contributed by atoms with Gasteiger partial charge in [-0.2, -0.15) is 0 Å². The third-order valence-corrected chi connectivity index (χ3v) is 2.67. The maximum Gasteiger partial charge on any atom is 0.251 e. The van der Waals surface area contributed by atoms with Crippen LogP contribution in [0.4, 0.5) is 0 Å². The smallest absolute Gasteiger partial charge is 0.251 e. The first kappa shape index (κ1) is 16.3. The molecule has 0 aromatic heterocycles. The predicted molar refractivity (Wildman–Crippen MR) is 76.4 cm³/mol. The van der Waals surface area contributed by atoms with Gasteiger partial charge in [0.2, 0.25) is 0 Å². The molecule has 1 aromatic carbocycles. The molecule has 0 saturated carbocycles. The second kappa shape index (κ2) is 8.39. The van der Waals surface area contributed by atoms with E-state index in [-0.39, 0.29) is 5.91 Å². The summed E-state index contributed by atoms with van der Waals surface area (Å²) in [6.07, 6.45) is -0.392. The van der Waals surface area contributed by atoms with E-state index in [0.29, 0.717) is 36.7 Å². The third-order valence-electron chi connectivity index (χ3n) is 2.67. The molecule has 0 fully saturated rings. The number of ether oxygens (including phenoxy) is 2. The number of hydrogen-bond donors (Lipinski definition) is 3. The van der Waals surface area contributed by atoms with E-state index in [2.05, 4.69) is 10.6 Å². The Kier molecular flexibility index (Phi) is 6.83. The number of carbonyl (C=O) groups excluding carboxylic acids is 1. The van der Waals surface area contributed by atoms with Crippen LogP contribution in [-0.2, 0) is 0 Å². The molecule has 1 amide bonds. The Labute approximate surface area is 119 Å². The summed E-state index contributed by atoms with van der Waals surface area (Å²) in [5.74, 6) is 0.930. The van der Waals surface area contributed by atoms with Crippen molar-refractivity contribution in [3.05, 3.63) is 23.8 Å². The topological polar surface area (TPSA) is 79.8 Å². The fourth-order valence-electron chi connectivity index (χ4n) is 1.65. The highest BCUT2D eigenvalue weighted by molar-refractivity contribution is 5.94. The summed E-state index contributed by atoms with van der Waals surface area (Å²) in [6.45, 7) is 3.30. The summed E-state index contributed by atoms with van der Waals surface area (Å²) >= 11 is 0. The van der Waals surface area contributed by atoms with Crippen LogP contribution in [0.2, 0.25) is 0 Å². The second-order valence-electron chi connectivity index (χ2n) is 4.38. The van der Waals surface area contributed by atoms with Crippen LogP contribution in [0.15, 0.2) is 18.2 Å². The molecule has 6 nitrogen and oxygen atoms in total. The molecule has 1 rings (SSSR count). The number of methoxy groups -OCH3 is 2. The number of hydrogen-bond acceptors (Lipinski definition) is 5. The Morgan fingerprint density at radius 1 is 1.25 bits per heavy atom. The van der Waals surface area contributed by atoms with Crippen molar-refractivity contribution in [3.63, 3.8) is 0 Å². The summed E-state index contributed by atoms with van der Waals surface area (Å²) in [4.78, 5) is 11.9. The van der Waals surface area contributed by atoms with Crippen molar-refractivity contribution in [2.75, 3.05) is 33.9 Å². The van der Waals surface area contributed by atoms with Gasteiger partial charge in [0, 0.05) is 25.2 Å². The average molecular weight is 282 g/mol. The molecule has 0 aliphatic heterocycles. The molecular formula is C14H22N2O4. The summed E-state index contributed by atoms with van der Waals surface area (Å²) in [6, 6.07) is 5.01. The average Bonchev–Trinajstić information content (AvgIpc) is 2.45. The zero-order valence-electron chi connectivity index (χ0n) is 12.1. The molecule has 0 heterocycles. The maximum atomic E-state index is 11.9. The van der Waals surface area contributed by atoms with Gasteiger partial charge >= 0.3 is 0 Å². The summed E-state index contributed by atoms with van der Waals surface area (Å²) in [5, 5.41) is 14.9. The largest absolute Gasteiger partial charge is 0.493 e. The Bertz CT molecular complexity index is 435. The lowest BCUT2D eigenvalue weighted by atomic mass is 10.2. The number of amides is 1.